The van der Waals surface area contributed by atoms with Crippen molar-refractivity contribution >= 4 is 33.8 Å². The van der Waals surface area contributed by atoms with Crippen LogP contribution in [0.5, 0.6) is 0 Å². The number of nitrogens with zero attached hydrogens (tertiary/aromatic N) is 1. The van der Waals surface area contributed by atoms with Crippen LogP contribution in [0.1, 0.15) is 10.4 Å². The smallest absolute Gasteiger partial charge is 0.325 e. The summed E-state index contributed by atoms with van der Waals surface area (Å²) in [5.41, 5.74) is 0.121. The Labute approximate surface area is 128 Å². The summed E-state index contributed by atoms with van der Waals surface area (Å²) in [5.74, 6) is -2.52. The van der Waals surface area contributed by atoms with E-state index in [1.54, 1.807) is 0 Å². The maximum absolute atomic E-state index is 13.2. The molecule has 0 aromatic heterocycles. The van der Waals surface area contributed by atoms with Gasteiger partial charge in [-0.15, -0.1) is 0 Å². The van der Waals surface area contributed by atoms with Crippen LogP contribution in [0.3, 0.4) is 0 Å². The van der Waals surface area contributed by atoms with Gasteiger partial charge in [0.25, 0.3) is 5.91 Å². The maximum Gasteiger partial charge on any atom is 0.325 e. The number of ether oxygens (including phenoxy) is 2. The van der Waals surface area contributed by atoms with Crippen molar-refractivity contribution in [1.29, 1.82) is 0 Å². The van der Waals surface area contributed by atoms with Gasteiger partial charge in [-0.2, -0.15) is 0 Å². The molecule has 0 N–H and O–H groups in total. The number of methoxy groups -OCH3 is 2. The second kappa shape index (κ2) is 7.72. The van der Waals surface area contributed by atoms with Crippen molar-refractivity contribution in [2.45, 2.75) is 0 Å². The molecule has 0 fully saturated rings. The van der Waals surface area contributed by atoms with Crippen LogP contribution in [0, 0.1) is 5.82 Å². The second-order valence-electron chi connectivity index (χ2n) is 3.94. The molecule has 1 aromatic rings. The van der Waals surface area contributed by atoms with Gasteiger partial charge in [-0.25, -0.2) is 4.39 Å². The third kappa shape index (κ3) is 4.82. The molecule has 1 rings (SSSR count). The molecule has 0 saturated carbocycles. The molecule has 0 atom stereocenters. The molecule has 0 bridgehead atoms. The van der Waals surface area contributed by atoms with Crippen LogP contribution < -0.4 is 0 Å². The van der Waals surface area contributed by atoms with Crippen LogP contribution in [-0.4, -0.2) is 50.1 Å². The number of carbonyl (C=O) groups is 3. The molecule has 0 heterocycles. The number of hydrogen-bond donors (Lipinski definition) is 0. The molecular weight excluding hydrogens is 349 g/mol. The zero-order valence-corrected chi connectivity index (χ0v) is 13.0. The van der Waals surface area contributed by atoms with Crippen LogP contribution in [0.15, 0.2) is 22.7 Å². The first-order valence-corrected chi connectivity index (χ1v) is 6.56. The average Bonchev–Trinajstić information content (AvgIpc) is 2.48. The number of halogens is 2. The highest BCUT2D eigenvalue weighted by Crippen LogP contribution is 2.18. The molecule has 8 heteroatoms. The third-order valence-corrected chi connectivity index (χ3v) is 3.16. The third-order valence-electron chi connectivity index (χ3n) is 2.55. The topological polar surface area (TPSA) is 72.9 Å². The van der Waals surface area contributed by atoms with E-state index in [1.165, 1.54) is 12.1 Å². The first kappa shape index (κ1) is 17.1. The Balaban J connectivity index is 2.99. The highest BCUT2D eigenvalue weighted by atomic mass is 79.9. The number of carbonyl (C=O) groups excluding carboxylic acids is 3. The van der Waals surface area contributed by atoms with Crippen LogP contribution in [0.25, 0.3) is 0 Å². The van der Waals surface area contributed by atoms with Crippen LogP contribution in [0.2, 0.25) is 0 Å². The molecule has 0 radical (unpaired) electrons. The van der Waals surface area contributed by atoms with Gasteiger partial charge in [0.15, 0.2) is 0 Å². The molecule has 1 amide bonds. The van der Waals surface area contributed by atoms with E-state index in [0.29, 0.717) is 0 Å². The van der Waals surface area contributed by atoms with Gasteiger partial charge in [0.2, 0.25) is 0 Å². The highest BCUT2D eigenvalue weighted by Gasteiger charge is 2.22. The summed E-state index contributed by atoms with van der Waals surface area (Å²) < 4.78 is 22.2. The summed E-state index contributed by atoms with van der Waals surface area (Å²) in [6, 6.07) is 3.62. The summed E-state index contributed by atoms with van der Waals surface area (Å²) in [7, 11) is 2.33. The minimum atomic E-state index is -0.687. The SMILES string of the molecule is COC(=O)CN(CC(=O)OC)C(=O)c1ccc(F)c(Br)c1. The molecule has 21 heavy (non-hydrogen) atoms. The molecule has 0 spiro atoms. The minimum absolute atomic E-state index is 0.101. The van der Waals surface area contributed by atoms with E-state index in [9.17, 15) is 18.8 Å². The lowest BCUT2D eigenvalue weighted by molar-refractivity contribution is -0.144. The fourth-order valence-corrected chi connectivity index (χ4v) is 1.83. The Morgan fingerprint density at radius 1 is 1.14 bits per heavy atom. The first-order valence-electron chi connectivity index (χ1n) is 5.77. The summed E-state index contributed by atoms with van der Waals surface area (Å²) in [6.45, 7) is -0.834. The van der Waals surface area contributed by atoms with Gasteiger partial charge in [0.05, 0.1) is 18.7 Å². The molecule has 6 nitrogen and oxygen atoms in total. The zero-order valence-electron chi connectivity index (χ0n) is 11.4. The standard InChI is InChI=1S/C13H13BrFNO5/c1-20-11(17)6-16(7-12(18)21-2)13(19)8-3-4-10(15)9(14)5-8/h3-5H,6-7H2,1-2H3. The van der Waals surface area contributed by atoms with Crippen LogP contribution in [0.4, 0.5) is 4.39 Å². The summed E-state index contributed by atoms with van der Waals surface area (Å²) in [4.78, 5) is 35.9. The van der Waals surface area contributed by atoms with Gasteiger partial charge < -0.3 is 14.4 Å². The fourth-order valence-electron chi connectivity index (χ4n) is 1.45. The molecule has 0 aliphatic rings. The summed E-state index contributed by atoms with van der Waals surface area (Å²) in [6.07, 6.45) is 0. The van der Waals surface area contributed by atoms with Crippen molar-refractivity contribution in [2.24, 2.45) is 0 Å². The molecule has 0 aliphatic carbocycles. The average molecular weight is 362 g/mol. The predicted octanol–water partition coefficient (Wildman–Crippen LogP) is 1.38. The molecule has 0 aliphatic heterocycles. The minimum Gasteiger partial charge on any atom is -0.468 e. The van der Waals surface area contributed by atoms with Gasteiger partial charge in [-0.1, -0.05) is 0 Å². The van der Waals surface area contributed by atoms with E-state index in [1.807, 2.05) is 0 Å². The maximum atomic E-state index is 13.2. The number of hydrogen-bond acceptors (Lipinski definition) is 5. The normalized spacial score (nSPS) is 9.90. The zero-order chi connectivity index (χ0) is 16.0. The van der Waals surface area contributed by atoms with E-state index < -0.39 is 36.8 Å². The molecule has 114 valence electrons. The summed E-state index contributed by atoms with van der Waals surface area (Å²) >= 11 is 2.96. The number of benzene rings is 1. The lowest BCUT2D eigenvalue weighted by atomic mass is 10.2. The number of rotatable bonds is 5. The lowest BCUT2D eigenvalue weighted by Gasteiger charge is -2.20. The largest absolute Gasteiger partial charge is 0.468 e. The van der Waals surface area contributed by atoms with E-state index >= 15 is 0 Å². The van der Waals surface area contributed by atoms with E-state index in [-0.39, 0.29) is 10.0 Å². The molecule has 1 aromatic carbocycles. The van der Waals surface area contributed by atoms with Gasteiger partial charge in [0.1, 0.15) is 18.9 Å². The quantitative estimate of drug-likeness (QED) is 0.740. The molecular formula is C13H13BrFNO5. The predicted molar refractivity (Wildman–Crippen MR) is 74.0 cm³/mol. The Hall–Kier alpha value is -1.96. The van der Waals surface area contributed by atoms with E-state index in [2.05, 4.69) is 25.4 Å². The molecule has 0 unspecified atom stereocenters. The first-order chi connectivity index (χ1) is 9.88. The second-order valence-corrected chi connectivity index (χ2v) is 4.80. The number of amides is 1. The van der Waals surface area contributed by atoms with Gasteiger partial charge in [-0.05, 0) is 34.1 Å². The Kier molecular flexibility index (Phi) is 6.29. The van der Waals surface area contributed by atoms with Crippen LogP contribution >= 0.6 is 15.9 Å². The van der Waals surface area contributed by atoms with Crippen molar-refractivity contribution in [3.05, 3.63) is 34.1 Å². The lowest BCUT2D eigenvalue weighted by Crippen LogP contribution is -2.40. The van der Waals surface area contributed by atoms with Crippen molar-refractivity contribution in [1.82, 2.24) is 4.90 Å². The van der Waals surface area contributed by atoms with Crippen molar-refractivity contribution in [3.8, 4) is 0 Å². The highest BCUT2D eigenvalue weighted by molar-refractivity contribution is 9.10. The fraction of sp³-hybridized carbons (Fsp3) is 0.308. The van der Waals surface area contributed by atoms with Crippen molar-refractivity contribution in [3.63, 3.8) is 0 Å². The van der Waals surface area contributed by atoms with E-state index in [4.69, 9.17) is 0 Å². The molecule has 0 saturated heterocycles. The Morgan fingerprint density at radius 2 is 1.67 bits per heavy atom. The monoisotopic (exact) mass is 361 g/mol. The van der Waals surface area contributed by atoms with Crippen molar-refractivity contribution < 1.29 is 28.2 Å². The van der Waals surface area contributed by atoms with Gasteiger partial charge in [0, 0.05) is 5.56 Å². The Morgan fingerprint density at radius 3 is 2.10 bits per heavy atom. The number of esters is 2. The van der Waals surface area contributed by atoms with Crippen molar-refractivity contribution in [2.75, 3.05) is 27.3 Å². The van der Waals surface area contributed by atoms with E-state index in [0.717, 1.165) is 25.2 Å². The Bertz CT molecular complexity index is 545. The summed E-state index contributed by atoms with van der Waals surface area (Å²) in [5, 5.41) is 0. The van der Waals surface area contributed by atoms with Crippen LogP contribution in [-0.2, 0) is 19.1 Å². The van der Waals surface area contributed by atoms with Gasteiger partial charge in [-0.3, -0.25) is 14.4 Å². The van der Waals surface area contributed by atoms with Gasteiger partial charge >= 0.3 is 11.9 Å².